The number of aliphatic hydroxyl groups is 1. The fourth-order valence-electron chi connectivity index (χ4n) is 1.57. The summed E-state index contributed by atoms with van der Waals surface area (Å²) < 4.78 is 0. The average molecular weight is 299 g/mol. The second-order valence-electron chi connectivity index (χ2n) is 3.27. The van der Waals surface area contributed by atoms with Crippen molar-refractivity contribution in [3.8, 4) is 0 Å². The van der Waals surface area contributed by atoms with Gasteiger partial charge in [-0.25, -0.2) is 0 Å². The van der Waals surface area contributed by atoms with Crippen LogP contribution in [0.15, 0.2) is 4.99 Å². The average Bonchev–Trinajstić information content (AvgIpc) is 2.04. The predicted molar refractivity (Wildman–Crippen MR) is 64.4 cm³/mol. The summed E-state index contributed by atoms with van der Waals surface area (Å²) in [6, 6.07) is 0.303. The number of nitrogens with two attached hydrogens (primary N) is 1. The van der Waals surface area contributed by atoms with Crippen molar-refractivity contribution in [2.75, 3.05) is 7.05 Å². The van der Waals surface area contributed by atoms with Crippen molar-refractivity contribution >= 4 is 29.9 Å². The van der Waals surface area contributed by atoms with E-state index in [0.29, 0.717) is 12.0 Å². The first-order valence-corrected chi connectivity index (χ1v) is 4.39. The van der Waals surface area contributed by atoms with E-state index < -0.39 is 0 Å². The lowest BCUT2D eigenvalue weighted by atomic mass is 9.93. The highest BCUT2D eigenvalue weighted by molar-refractivity contribution is 14.0. The number of hydrogen-bond acceptors (Lipinski definition) is 2. The maximum atomic E-state index is 9.34. The lowest BCUT2D eigenvalue weighted by Crippen LogP contribution is -2.43. The number of rotatable bonds is 1. The molecule has 1 fully saturated rings. The van der Waals surface area contributed by atoms with Gasteiger partial charge in [-0.2, -0.15) is 0 Å². The first-order chi connectivity index (χ1) is 5.72. The van der Waals surface area contributed by atoms with Gasteiger partial charge in [-0.15, -0.1) is 24.0 Å². The third kappa shape index (κ3) is 4.66. The van der Waals surface area contributed by atoms with Crippen molar-refractivity contribution in [1.82, 2.24) is 5.32 Å². The van der Waals surface area contributed by atoms with Gasteiger partial charge in [0.05, 0.1) is 6.10 Å². The molecule has 4 N–H and O–H groups in total. The molecular formula is C8H18IN3O. The summed E-state index contributed by atoms with van der Waals surface area (Å²) in [5, 5.41) is 12.4. The molecule has 0 amide bonds. The molecule has 1 rings (SSSR count). The van der Waals surface area contributed by atoms with Crippen LogP contribution in [0.4, 0.5) is 0 Å². The minimum Gasteiger partial charge on any atom is -0.393 e. The van der Waals surface area contributed by atoms with E-state index in [4.69, 9.17) is 5.73 Å². The molecule has 0 bridgehead atoms. The van der Waals surface area contributed by atoms with Crippen LogP contribution in [-0.4, -0.2) is 30.3 Å². The van der Waals surface area contributed by atoms with Crippen LogP contribution in [0.5, 0.6) is 0 Å². The molecule has 0 saturated heterocycles. The van der Waals surface area contributed by atoms with Gasteiger partial charge in [-0.1, -0.05) is 0 Å². The van der Waals surface area contributed by atoms with Gasteiger partial charge < -0.3 is 16.2 Å². The Balaban J connectivity index is 0.00000144. The molecule has 0 heterocycles. The molecule has 0 aromatic rings. The zero-order valence-corrected chi connectivity index (χ0v) is 10.2. The number of hydrogen-bond donors (Lipinski definition) is 3. The molecule has 2 atom stereocenters. The van der Waals surface area contributed by atoms with Gasteiger partial charge in [0.15, 0.2) is 5.96 Å². The number of guanidine groups is 1. The Morgan fingerprint density at radius 1 is 1.54 bits per heavy atom. The minimum atomic E-state index is -0.166. The van der Waals surface area contributed by atoms with E-state index in [0.717, 1.165) is 25.7 Å². The number of aliphatic imine (C=N–C) groups is 1. The van der Waals surface area contributed by atoms with E-state index in [-0.39, 0.29) is 30.1 Å². The van der Waals surface area contributed by atoms with Crippen LogP contribution >= 0.6 is 24.0 Å². The SMILES string of the molecule is CN=C(N)NC1CCCC(O)C1.I. The first-order valence-electron chi connectivity index (χ1n) is 4.39. The van der Waals surface area contributed by atoms with Gasteiger partial charge in [-0.3, -0.25) is 4.99 Å². The van der Waals surface area contributed by atoms with Crippen molar-refractivity contribution in [3.63, 3.8) is 0 Å². The van der Waals surface area contributed by atoms with Gasteiger partial charge in [-0.05, 0) is 25.7 Å². The second-order valence-corrected chi connectivity index (χ2v) is 3.27. The van der Waals surface area contributed by atoms with E-state index in [1.165, 1.54) is 0 Å². The second kappa shape index (κ2) is 6.42. The fourth-order valence-corrected chi connectivity index (χ4v) is 1.57. The zero-order valence-electron chi connectivity index (χ0n) is 7.86. The molecule has 4 nitrogen and oxygen atoms in total. The van der Waals surface area contributed by atoms with Crippen LogP contribution in [-0.2, 0) is 0 Å². The minimum absolute atomic E-state index is 0. The van der Waals surface area contributed by atoms with E-state index in [1.807, 2.05) is 0 Å². The molecule has 0 aromatic heterocycles. The van der Waals surface area contributed by atoms with Crippen molar-refractivity contribution in [2.24, 2.45) is 10.7 Å². The summed E-state index contributed by atoms with van der Waals surface area (Å²) in [6.07, 6.45) is 3.68. The Labute approximate surface area is 96.0 Å². The number of aliphatic hydroxyl groups excluding tert-OH is 1. The van der Waals surface area contributed by atoms with Crippen LogP contribution in [0.1, 0.15) is 25.7 Å². The normalized spacial score (nSPS) is 29.2. The molecule has 13 heavy (non-hydrogen) atoms. The molecule has 0 aromatic carbocycles. The smallest absolute Gasteiger partial charge is 0.188 e. The van der Waals surface area contributed by atoms with E-state index in [9.17, 15) is 5.11 Å². The third-order valence-electron chi connectivity index (χ3n) is 2.24. The number of halogens is 1. The molecule has 2 unspecified atom stereocenters. The first kappa shape index (κ1) is 13.0. The van der Waals surface area contributed by atoms with Crippen LogP contribution in [0.3, 0.4) is 0 Å². The van der Waals surface area contributed by atoms with Crippen LogP contribution < -0.4 is 11.1 Å². The van der Waals surface area contributed by atoms with Crippen molar-refractivity contribution < 1.29 is 5.11 Å². The molecule has 0 radical (unpaired) electrons. The molecule has 78 valence electrons. The third-order valence-corrected chi connectivity index (χ3v) is 2.24. The highest BCUT2D eigenvalue weighted by atomic mass is 127. The lowest BCUT2D eigenvalue weighted by molar-refractivity contribution is 0.116. The monoisotopic (exact) mass is 299 g/mol. The largest absolute Gasteiger partial charge is 0.393 e. The van der Waals surface area contributed by atoms with Gasteiger partial charge in [0.2, 0.25) is 0 Å². The molecule has 1 saturated carbocycles. The quantitative estimate of drug-likeness (QED) is 0.374. The van der Waals surface area contributed by atoms with Gasteiger partial charge >= 0.3 is 0 Å². The summed E-state index contributed by atoms with van der Waals surface area (Å²) in [5.74, 6) is 0.467. The van der Waals surface area contributed by atoms with E-state index in [1.54, 1.807) is 7.05 Å². The highest BCUT2D eigenvalue weighted by Gasteiger charge is 2.19. The Kier molecular flexibility index (Phi) is 6.40. The van der Waals surface area contributed by atoms with E-state index in [2.05, 4.69) is 10.3 Å². The summed E-state index contributed by atoms with van der Waals surface area (Å²) in [7, 11) is 1.65. The Morgan fingerprint density at radius 2 is 2.23 bits per heavy atom. The van der Waals surface area contributed by atoms with Gasteiger partial charge in [0, 0.05) is 13.1 Å². The van der Waals surface area contributed by atoms with Crippen LogP contribution in [0, 0.1) is 0 Å². The summed E-state index contributed by atoms with van der Waals surface area (Å²) >= 11 is 0. The zero-order chi connectivity index (χ0) is 8.97. The van der Waals surface area contributed by atoms with E-state index >= 15 is 0 Å². The predicted octanol–water partition coefficient (Wildman–Crippen LogP) is 0.442. The fraction of sp³-hybridized carbons (Fsp3) is 0.875. The van der Waals surface area contributed by atoms with Crippen molar-refractivity contribution in [2.45, 2.75) is 37.8 Å². The summed E-state index contributed by atoms with van der Waals surface area (Å²) in [4.78, 5) is 3.81. The highest BCUT2D eigenvalue weighted by Crippen LogP contribution is 2.17. The molecule has 1 aliphatic carbocycles. The number of nitrogens with one attached hydrogen (secondary N) is 1. The maximum Gasteiger partial charge on any atom is 0.188 e. The van der Waals surface area contributed by atoms with Crippen LogP contribution in [0.2, 0.25) is 0 Å². The molecular weight excluding hydrogens is 281 g/mol. The standard InChI is InChI=1S/C8H17N3O.HI/c1-10-8(9)11-6-3-2-4-7(12)5-6;/h6-7,12H,2-5H2,1H3,(H3,9,10,11);1H. The van der Waals surface area contributed by atoms with Gasteiger partial charge in [0.25, 0.3) is 0 Å². The summed E-state index contributed by atoms with van der Waals surface area (Å²) in [6.45, 7) is 0. The summed E-state index contributed by atoms with van der Waals surface area (Å²) in [5.41, 5.74) is 5.51. The maximum absolute atomic E-state index is 9.34. The topological polar surface area (TPSA) is 70.6 Å². The molecule has 1 aliphatic rings. The van der Waals surface area contributed by atoms with Crippen molar-refractivity contribution in [3.05, 3.63) is 0 Å². The molecule has 0 spiro atoms. The number of nitrogens with zero attached hydrogens (tertiary/aromatic N) is 1. The Hall–Kier alpha value is -0.0400. The van der Waals surface area contributed by atoms with Crippen LogP contribution in [0.25, 0.3) is 0 Å². The Morgan fingerprint density at radius 3 is 2.77 bits per heavy atom. The van der Waals surface area contributed by atoms with Gasteiger partial charge in [0.1, 0.15) is 0 Å². The van der Waals surface area contributed by atoms with Crippen molar-refractivity contribution in [1.29, 1.82) is 0 Å². The lowest BCUT2D eigenvalue weighted by Gasteiger charge is -2.26. The molecule has 5 heteroatoms. The molecule has 0 aliphatic heterocycles. The Bertz CT molecular complexity index is 175.